The van der Waals surface area contributed by atoms with Crippen LogP contribution >= 0.6 is 0 Å². The van der Waals surface area contributed by atoms with Gasteiger partial charge in [-0.25, -0.2) is 9.19 Å². The molecule has 0 aliphatic heterocycles. The van der Waals surface area contributed by atoms with Crippen LogP contribution in [0.4, 0.5) is 5.82 Å². The molecule has 0 fully saturated rings. The topological polar surface area (TPSA) is 68.0 Å². The Bertz CT molecular complexity index is 499. The Morgan fingerprint density at radius 3 is 2.53 bits per heavy atom. The first-order chi connectivity index (χ1) is 8.29. The van der Waals surface area contributed by atoms with Crippen molar-refractivity contribution in [3.05, 3.63) is 54.2 Å². The lowest BCUT2D eigenvalue weighted by atomic mass is 10.2. The fourth-order valence-corrected chi connectivity index (χ4v) is 2.14. The van der Waals surface area contributed by atoms with Crippen LogP contribution in [0.2, 0.25) is 0 Å². The number of aromatic nitrogens is 1. The summed E-state index contributed by atoms with van der Waals surface area (Å²) in [5.41, 5.74) is 6.52. The monoisotopic (exact) mass is 247 g/mol. The van der Waals surface area contributed by atoms with Crippen LogP contribution in [0.25, 0.3) is 0 Å². The molecule has 0 aliphatic rings. The third-order valence-corrected chi connectivity index (χ3v) is 3.33. The van der Waals surface area contributed by atoms with Crippen LogP contribution in [-0.2, 0) is 17.5 Å². The molecular weight excluding hydrogens is 234 g/mol. The Morgan fingerprint density at radius 1 is 1.18 bits per heavy atom. The Hall–Kier alpha value is -1.72. The summed E-state index contributed by atoms with van der Waals surface area (Å²) in [6, 6.07) is 12.8. The van der Waals surface area contributed by atoms with Gasteiger partial charge in [-0.05, 0) is 29.8 Å². The van der Waals surface area contributed by atoms with Gasteiger partial charge in [0.1, 0.15) is 5.82 Å². The fraction of sp³-hybridized carbons (Fsp3) is 0.0833. The summed E-state index contributed by atoms with van der Waals surface area (Å²) in [6.45, 7) is 0.487. The van der Waals surface area contributed by atoms with Gasteiger partial charge in [0.05, 0.1) is 4.90 Å². The molecule has 5 heteroatoms. The van der Waals surface area contributed by atoms with Gasteiger partial charge >= 0.3 is 0 Å². The van der Waals surface area contributed by atoms with Gasteiger partial charge in [-0.2, -0.15) is 0 Å². The first-order valence-corrected chi connectivity index (χ1v) is 6.33. The number of hydrogen-bond acceptors (Lipinski definition) is 3. The van der Waals surface area contributed by atoms with Crippen molar-refractivity contribution in [1.82, 2.24) is 4.98 Å². The van der Waals surface area contributed by atoms with Gasteiger partial charge in [-0.1, -0.05) is 18.2 Å². The second kappa shape index (κ2) is 5.56. The zero-order chi connectivity index (χ0) is 12.1. The van der Waals surface area contributed by atoms with Crippen molar-refractivity contribution in [2.24, 2.45) is 5.73 Å². The highest BCUT2D eigenvalue weighted by molar-refractivity contribution is 7.86. The predicted octanol–water partition coefficient (Wildman–Crippen LogP) is 1.68. The molecule has 2 aromatic rings. The molecule has 1 aromatic heterocycles. The minimum Gasteiger partial charge on any atom is -0.326 e. The van der Waals surface area contributed by atoms with Crippen LogP contribution < -0.4 is 10.5 Å². The van der Waals surface area contributed by atoms with E-state index in [4.69, 9.17) is 5.73 Å². The quantitative estimate of drug-likeness (QED) is 0.863. The van der Waals surface area contributed by atoms with Crippen molar-refractivity contribution in [2.75, 3.05) is 4.72 Å². The number of nitrogens with two attached hydrogens (primary N) is 1. The Balaban J connectivity index is 2.09. The molecule has 2 rings (SSSR count). The van der Waals surface area contributed by atoms with Gasteiger partial charge in [0.25, 0.3) is 0 Å². The molecule has 88 valence electrons. The molecule has 0 saturated carbocycles. The van der Waals surface area contributed by atoms with Crippen molar-refractivity contribution in [2.45, 2.75) is 11.4 Å². The summed E-state index contributed by atoms with van der Waals surface area (Å²) in [4.78, 5) is 4.76. The molecule has 0 amide bonds. The van der Waals surface area contributed by atoms with Crippen molar-refractivity contribution in [1.29, 1.82) is 0 Å². The lowest BCUT2D eigenvalue weighted by Gasteiger charge is -2.05. The lowest BCUT2D eigenvalue weighted by Crippen LogP contribution is -2.06. The second-order valence-corrected chi connectivity index (χ2v) is 4.65. The van der Waals surface area contributed by atoms with E-state index in [0.717, 1.165) is 5.56 Å². The maximum Gasteiger partial charge on any atom is 0.151 e. The second-order valence-electron chi connectivity index (χ2n) is 3.43. The zero-order valence-electron chi connectivity index (χ0n) is 9.17. The maximum atomic E-state index is 11.9. The van der Waals surface area contributed by atoms with Crippen LogP contribution in [-0.4, -0.2) is 9.19 Å². The highest BCUT2D eigenvalue weighted by atomic mass is 32.2. The number of nitrogens with one attached hydrogen (secondary N) is 1. The van der Waals surface area contributed by atoms with Gasteiger partial charge < -0.3 is 5.73 Å². The van der Waals surface area contributed by atoms with E-state index in [1.54, 1.807) is 24.4 Å². The van der Waals surface area contributed by atoms with Crippen LogP contribution in [0.1, 0.15) is 5.56 Å². The number of rotatable bonds is 4. The number of benzene rings is 1. The van der Waals surface area contributed by atoms with Gasteiger partial charge in [0, 0.05) is 12.7 Å². The van der Waals surface area contributed by atoms with Gasteiger partial charge in [-0.3, -0.25) is 4.72 Å². The molecule has 17 heavy (non-hydrogen) atoms. The standard InChI is InChI=1S/C12H13N3OS/c13-9-10-4-6-11(7-5-10)17(16)15-12-3-1-2-8-14-12/h1-8H,9,13H2,(H,14,15). The summed E-state index contributed by atoms with van der Waals surface area (Å²) < 4.78 is 14.8. The summed E-state index contributed by atoms with van der Waals surface area (Å²) in [5, 5.41) is 0. The third kappa shape index (κ3) is 3.12. The summed E-state index contributed by atoms with van der Waals surface area (Å²) in [7, 11) is -1.30. The van der Waals surface area contributed by atoms with E-state index in [9.17, 15) is 4.21 Å². The van der Waals surface area contributed by atoms with E-state index >= 15 is 0 Å². The lowest BCUT2D eigenvalue weighted by molar-refractivity contribution is 0.686. The largest absolute Gasteiger partial charge is 0.326 e. The molecule has 0 saturated heterocycles. The number of hydrogen-bond donors (Lipinski definition) is 2. The van der Waals surface area contributed by atoms with Crippen LogP contribution in [0.5, 0.6) is 0 Å². The molecule has 0 bridgehead atoms. The molecule has 1 aromatic carbocycles. The molecule has 1 unspecified atom stereocenters. The minimum atomic E-state index is -1.30. The van der Waals surface area contributed by atoms with E-state index in [0.29, 0.717) is 17.3 Å². The Kier molecular flexibility index (Phi) is 3.85. The Morgan fingerprint density at radius 2 is 1.94 bits per heavy atom. The van der Waals surface area contributed by atoms with Crippen LogP contribution in [0.15, 0.2) is 53.6 Å². The smallest absolute Gasteiger partial charge is 0.151 e. The van der Waals surface area contributed by atoms with E-state index in [1.165, 1.54) is 0 Å². The normalized spacial score (nSPS) is 12.1. The predicted molar refractivity (Wildman–Crippen MR) is 68.6 cm³/mol. The molecule has 0 spiro atoms. The van der Waals surface area contributed by atoms with Gasteiger partial charge in [-0.15, -0.1) is 0 Å². The van der Waals surface area contributed by atoms with Crippen LogP contribution in [0.3, 0.4) is 0 Å². The minimum absolute atomic E-state index is 0.487. The number of pyridine rings is 1. The SMILES string of the molecule is NCc1ccc(S(=O)Nc2ccccn2)cc1. The summed E-state index contributed by atoms with van der Waals surface area (Å²) in [5.74, 6) is 0.591. The average Bonchev–Trinajstić information content (AvgIpc) is 2.40. The molecular formula is C12H13N3OS. The molecule has 0 aliphatic carbocycles. The van der Waals surface area contributed by atoms with Crippen molar-refractivity contribution in [3.8, 4) is 0 Å². The highest BCUT2D eigenvalue weighted by Gasteiger charge is 2.03. The van der Waals surface area contributed by atoms with E-state index < -0.39 is 11.0 Å². The van der Waals surface area contributed by atoms with Crippen molar-refractivity contribution >= 4 is 16.8 Å². The molecule has 4 nitrogen and oxygen atoms in total. The molecule has 0 radical (unpaired) electrons. The summed E-state index contributed by atoms with van der Waals surface area (Å²) in [6.07, 6.45) is 1.65. The first-order valence-electron chi connectivity index (χ1n) is 5.18. The molecule has 3 N–H and O–H groups in total. The maximum absolute atomic E-state index is 11.9. The molecule has 1 heterocycles. The van der Waals surface area contributed by atoms with E-state index in [-0.39, 0.29) is 0 Å². The van der Waals surface area contributed by atoms with Gasteiger partial charge in [0.15, 0.2) is 11.0 Å². The van der Waals surface area contributed by atoms with Crippen molar-refractivity contribution in [3.63, 3.8) is 0 Å². The van der Waals surface area contributed by atoms with Gasteiger partial charge in [0.2, 0.25) is 0 Å². The average molecular weight is 247 g/mol. The van der Waals surface area contributed by atoms with E-state index in [1.807, 2.05) is 24.3 Å². The van der Waals surface area contributed by atoms with Crippen molar-refractivity contribution < 1.29 is 4.21 Å². The first kappa shape index (κ1) is 11.8. The number of nitrogens with zero attached hydrogens (tertiary/aromatic N) is 1. The van der Waals surface area contributed by atoms with Crippen LogP contribution in [0, 0.1) is 0 Å². The third-order valence-electron chi connectivity index (χ3n) is 2.24. The summed E-state index contributed by atoms with van der Waals surface area (Å²) >= 11 is 0. The zero-order valence-corrected chi connectivity index (χ0v) is 9.98. The molecule has 1 atom stereocenters. The fourth-order valence-electron chi connectivity index (χ4n) is 1.33. The Labute approximate surface area is 102 Å². The number of anilines is 1. The highest BCUT2D eigenvalue weighted by Crippen LogP contribution is 2.11. The van der Waals surface area contributed by atoms with E-state index in [2.05, 4.69) is 9.71 Å².